The molecule has 0 bridgehead atoms. The first-order valence-corrected chi connectivity index (χ1v) is 11.1. The van der Waals surface area contributed by atoms with Crippen LogP contribution in [0.1, 0.15) is 58.3 Å². The summed E-state index contributed by atoms with van der Waals surface area (Å²) in [6.07, 6.45) is 8.80. The molecule has 0 aliphatic carbocycles. The van der Waals surface area contributed by atoms with Crippen LogP contribution in [0.25, 0.3) is 0 Å². The van der Waals surface area contributed by atoms with Gasteiger partial charge in [-0.15, -0.1) is 0 Å². The van der Waals surface area contributed by atoms with Gasteiger partial charge >= 0.3 is 12.0 Å². The van der Waals surface area contributed by atoms with Crippen molar-refractivity contribution in [2.24, 2.45) is 0 Å². The van der Waals surface area contributed by atoms with Crippen molar-refractivity contribution in [1.29, 1.82) is 0 Å². The smallest absolute Gasteiger partial charge is 0.332 e. The number of rotatable bonds is 18. The van der Waals surface area contributed by atoms with E-state index in [1.807, 2.05) is 30.3 Å². The van der Waals surface area contributed by atoms with Crippen molar-refractivity contribution < 1.29 is 23.8 Å². The molecule has 0 aromatic heterocycles. The summed E-state index contributed by atoms with van der Waals surface area (Å²) in [4.78, 5) is 22.8. The maximum Gasteiger partial charge on any atom is 0.332 e. The lowest BCUT2D eigenvalue weighted by molar-refractivity contribution is -0.148. The average molecular weight is 423 g/mol. The lowest BCUT2D eigenvalue weighted by Crippen LogP contribution is -2.30. The monoisotopic (exact) mass is 422 g/mol. The standard InChI is InChI=1S/C23H38N2O5/c1-2-30-22(26)20-29-18-12-7-5-3-4-6-11-17-28-19-13-16-24-23(27)25-21-14-9-8-10-15-21/h8-10,14-15H,2-7,11-13,16-20H2,1H3,(H2,24,25,27). The Morgan fingerprint density at radius 3 is 2.07 bits per heavy atom. The molecular weight excluding hydrogens is 384 g/mol. The molecule has 0 spiro atoms. The number of carbonyl (C=O) groups excluding carboxylic acids is 2. The van der Waals surface area contributed by atoms with Crippen LogP contribution in [0.5, 0.6) is 0 Å². The summed E-state index contributed by atoms with van der Waals surface area (Å²) in [6.45, 7) is 4.91. The number of hydrogen-bond acceptors (Lipinski definition) is 5. The van der Waals surface area contributed by atoms with Crippen molar-refractivity contribution in [1.82, 2.24) is 5.32 Å². The molecule has 0 radical (unpaired) electrons. The normalized spacial score (nSPS) is 10.6. The summed E-state index contributed by atoms with van der Waals surface area (Å²) in [7, 11) is 0. The van der Waals surface area contributed by atoms with E-state index in [-0.39, 0.29) is 18.6 Å². The van der Waals surface area contributed by atoms with Crippen molar-refractivity contribution in [3.63, 3.8) is 0 Å². The molecule has 1 aromatic rings. The van der Waals surface area contributed by atoms with E-state index in [0.717, 1.165) is 38.0 Å². The van der Waals surface area contributed by atoms with Gasteiger partial charge in [0.2, 0.25) is 0 Å². The van der Waals surface area contributed by atoms with Crippen LogP contribution in [0, 0.1) is 0 Å². The highest BCUT2D eigenvalue weighted by molar-refractivity contribution is 5.89. The molecule has 0 atom stereocenters. The van der Waals surface area contributed by atoms with Crippen LogP contribution in [0.4, 0.5) is 10.5 Å². The van der Waals surface area contributed by atoms with Crippen molar-refractivity contribution >= 4 is 17.7 Å². The quantitative estimate of drug-likeness (QED) is 0.268. The summed E-state index contributed by atoms with van der Waals surface area (Å²) in [6, 6.07) is 9.20. The molecule has 0 fully saturated rings. The van der Waals surface area contributed by atoms with Crippen molar-refractivity contribution in [3.05, 3.63) is 30.3 Å². The zero-order chi connectivity index (χ0) is 21.7. The summed E-state index contributed by atoms with van der Waals surface area (Å²) >= 11 is 0. The van der Waals surface area contributed by atoms with Crippen molar-refractivity contribution in [2.45, 2.75) is 58.3 Å². The number of unbranched alkanes of at least 4 members (excludes halogenated alkanes) is 6. The number of hydrogen-bond donors (Lipinski definition) is 2. The van der Waals surface area contributed by atoms with Crippen LogP contribution in [0.15, 0.2) is 30.3 Å². The maximum atomic E-state index is 11.7. The molecule has 2 amide bonds. The minimum absolute atomic E-state index is 0.0603. The first kappa shape index (κ1) is 25.9. The summed E-state index contributed by atoms with van der Waals surface area (Å²) in [5, 5.41) is 5.61. The van der Waals surface area contributed by atoms with E-state index in [9.17, 15) is 9.59 Å². The third-order valence-electron chi connectivity index (χ3n) is 4.39. The largest absolute Gasteiger partial charge is 0.464 e. The van der Waals surface area contributed by atoms with Gasteiger partial charge < -0.3 is 24.8 Å². The van der Waals surface area contributed by atoms with E-state index in [1.165, 1.54) is 25.7 Å². The molecule has 30 heavy (non-hydrogen) atoms. The highest BCUT2D eigenvalue weighted by atomic mass is 16.6. The van der Waals surface area contributed by atoms with E-state index < -0.39 is 0 Å². The molecule has 0 aliphatic heterocycles. The number of amides is 2. The lowest BCUT2D eigenvalue weighted by atomic mass is 10.1. The predicted molar refractivity (Wildman–Crippen MR) is 119 cm³/mol. The third kappa shape index (κ3) is 15.8. The number of anilines is 1. The Balaban J connectivity index is 1.75. The zero-order valence-corrected chi connectivity index (χ0v) is 18.3. The van der Waals surface area contributed by atoms with Crippen LogP contribution in [0.2, 0.25) is 0 Å². The van der Waals surface area contributed by atoms with E-state index in [4.69, 9.17) is 14.2 Å². The van der Waals surface area contributed by atoms with Gasteiger partial charge in [-0.25, -0.2) is 9.59 Å². The highest BCUT2D eigenvalue weighted by Gasteiger charge is 2.01. The number of carbonyl (C=O) groups is 2. The second kappa shape index (κ2) is 18.9. The Hall–Kier alpha value is -2.12. The fourth-order valence-electron chi connectivity index (χ4n) is 2.83. The van der Waals surface area contributed by atoms with Crippen LogP contribution in [-0.2, 0) is 19.0 Å². The van der Waals surface area contributed by atoms with Gasteiger partial charge in [0.25, 0.3) is 0 Å². The lowest BCUT2D eigenvalue weighted by Gasteiger charge is -2.08. The molecule has 0 heterocycles. The molecule has 1 rings (SSSR count). The average Bonchev–Trinajstić information content (AvgIpc) is 2.74. The van der Waals surface area contributed by atoms with Gasteiger partial charge in [-0.05, 0) is 38.3 Å². The number of nitrogens with one attached hydrogen (secondary N) is 2. The van der Waals surface area contributed by atoms with Crippen LogP contribution in [0.3, 0.4) is 0 Å². The molecule has 0 unspecified atom stereocenters. The minimum atomic E-state index is -0.287. The predicted octanol–water partition coefficient (Wildman–Crippen LogP) is 4.53. The molecule has 0 saturated carbocycles. The van der Waals surface area contributed by atoms with Gasteiger partial charge in [0.15, 0.2) is 0 Å². The van der Waals surface area contributed by atoms with E-state index in [0.29, 0.717) is 26.4 Å². The number of benzene rings is 1. The number of esters is 1. The molecule has 7 nitrogen and oxygen atoms in total. The molecule has 2 N–H and O–H groups in total. The van der Waals surface area contributed by atoms with E-state index in [1.54, 1.807) is 6.92 Å². The van der Waals surface area contributed by atoms with Crippen LogP contribution >= 0.6 is 0 Å². The number of para-hydroxylation sites is 1. The Bertz CT molecular complexity index is 554. The van der Waals surface area contributed by atoms with E-state index in [2.05, 4.69) is 10.6 Å². The molecule has 1 aromatic carbocycles. The Kier molecular flexibility index (Phi) is 16.3. The van der Waals surface area contributed by atoms with Gasteiger partial charge in [-0.1, -0.05) is 50.3 Å². The summed E-state index contributed by atoms with van der Waals surface area (Å²) in [5.74, 6) is -0.287. The van der Waals surface area contributed by atoms with Gasteiger partial charge in [-0.3, -0.25) is 0 Å². The molecule has 170 valence electrons. The first-order chi connectivity index (χ1) is 14.7. The summed E-state index contributed by atoms with van der Waals surface area (Å²) < 4.78 is 15.7. The fraction of sp³-hybridized carbons (Fsp3) is 0.652. The zero-order valence-electron chi connectivity index (χ0n) is 18.3. The van der Waals surface area contributed by atoms with Gasteiger partial charge in [0.1, 0.15) is 6.61 Å². The maximum absolute atomic E-state index is 11.7. The second-order valence-corrected chi connectivity index (χ2v) is 7.05. The van der Waals surface area contributed by atoms with Crippen LogP contribution in [-0.4, -0.2) is 51.6 Å². The van der Waals surface area contributed by atoms with Gasteiger partial charge in [0.05, 0.1) is 6.61 Å². The second-order valence-electron chi connectivity index (χ2n) is 7.05. The Morgan fingerprint density at radius 2 is 1.40 bits per heavy atom. The molecular formula is C23H38N2O5. The van der Waals surface area contributed by atoms with Crippen molar-refractivity contribution in [3.8, 4) is 0 Å². The number of urea groups is 1. The van der Waals surface area contributed by atoms with Gasteiger partial charge in [-0.2, -0.15) is 0 Å². The highest BCUT2D eigenvalue weighted by Crippen LogP contribution is 2.07. The van der Waals surface area contributed by atoms with E-state index >= 15 is 0 Å². The van der Waals surface area contributed by atoms with Gasteiger partial charge in [0, 0.05) is 32.1 Å². The molecule has 0 aliphatic rings. The number of ether oxygens (including phenoxy) is 3. The topological polar surface area (TPSA) is 85.9 Å². The van der Waals surface area contributed by atoms with Crippen molar-refractivity contribution in [2.75, 3.05) is 44.9 Å². The fourth-order valence-corrected chi connectivity index (χ4v) is 2.83. The molecule has 0 saturated heterocycles. The SMILES string of the molecule is CCOC(=O)COCCCCCCCCCOCCCNC(=O)Nc1ccccc1. The Labute approximate surface area is 180 Å². The van der Waals surface area contributed by atoms with Crippen LogP contribution < -0.4 is 10.6 Å². The third-order valence-corrected chi connectivity index (χ3v) is 4.39. The summed E-state index contributed by atoms with van der Waals surface area (Å²) in [5.41, 5.74) is 0.786. The first-order valence-electron chi connectivity index (χ1n) is 11.1. The Morgan fingerprint density at radius 1 is 0.800 bits per heavy atom. The molecule has 7 heteroatoms. The minimum Gasteiger partial charge on any atom is -0.464 e.